The molecular weight excluding hydrogens is 292 g/mol. The molecule has 1 fully saturated rings. The first-order valence-electron chi connectivity index (χ1n) is 8.34. The number of carbonyl (C=O) groups excluding carboxylic acids is 1. The molecule has 1 saturated heterocycles. The van der Waals surface area contributed by atoms with Crippen LogP contribution in [0.5, 0.6) is 5.88 Å². The quantitative estimate of drug-likeness (QED) is 0.926. The van der Waals surface area contributed by atoms with E-state index in [2.05, 4.69) is 11.9 Å². The van der Waals surface area contributed by atoms with Crippen LogP contribution < -0.4 is 4.74 Å². The molecule has 23 heavy (non-hydrogen) atoms. The van der Waals surface area contributed by atoms with E-state index in [0.717, 1.165) is 19.3 Å². The molecule has 0 unspecified atom stereocenters. The molecule has 5 nitrogen and oxygen atoms in total. The van der Waals surface area contributed by atoms with E-state index in [1.54, 1.807) is 18.3 Å². The van der Waals surface area contributed by atoms with Gasteiger partial charge in [0.1, 0.15) is 5.60 Å². The lowest BCUT2D eigenvalue weighted by Gasteiger charge is -2.40. The summed E-state index contributed by atoms with van der Waals surface area (Å²) < 4.78 is 5.67. The number of nitrogens with zero attached hydrogens (tertiary/aromatic N) is 2. The Kier molecular flexibility index (Phi) is 5.30. The first-order valence-corrected chi connectivity index (χ1v) is 8.34. The van der Waals surface area contributed by atoms with Gasteiger partial charge in [0.2, 0.25) is 5.88 Å². The van der Waals surface area contributed by atoms with Gasteiger partial charge in [-0.25, -0.2) is 4.98 Å². The average Bonchev–Trinajstić information content (AvgIpc) is 2.53. The lowest BCUT2D eigenvalue weighted by atomic mass is 9.77. The van der Waals surface area contributed by atoms with Crippen molar-refractivity contribution in [1.82, 2.24) is 9.88 Å². The highest BCUT2D eigenvalue weighted by Gasteiger charge is 2.34. The smallest absolute Gasteiger partial charge is 0.255 e. The zero-order chi connectivity index (χ0) is 17.1. The summed E-state index contributed by atoms with van der Waals surface area (Å²) >= 11 is 0. The van der Waals surface area contributed by atoms with Crippen LogP contribution in [0.2, 0.25) is 0 Å². The van der Waals surface area contributed by atoms with Crippen LogP contribution in [0.3, 0.4) is 0 Å². The van der Waals surface area contributed by atoms with E-state index >= 15 is 0 Å². The molecule has 1 aromatic heterocycles. The first kappa shape index (κ1) is 17.7. The minimum atomic E-state index is -0.306. The van der Waals surface area contributed by atoms with Crippen molar-refractivity contribution >= 4 is 5.91 Å². The number of hydrogen-bond acceptors (Lipinski definition) is 4. The maximum absolute atomic E-state index is 12.6. The Morgan fingerprint density at radius 2 is 2.00 bits per heavy atom. The second kappa shape index (κ2) is 6.87. The van der Waals surface area contributed by atoms with Gasteiger partial charge in [0.25, 0.3) is 5.91 Å². The zero-order valence-corrected chi connectivity index (χ0v) is 14.6. The Hall–Kier alpha value is -1.62. The van der Waals surface area contributed by atoms with Gasteiger partial charge in [-0.2, -0.15) is 0 Å². The largest absolute Gasteiger partial charge is 0.472 e. The summed E-state index contributed by atoms with van der Waals surface area (Å²) in [6.45, 7) is 9.56. The third-order valence-corrected chi connectivity index (χ3v) is 4.59. The molecule has 1 amide bonds. The van der Waals surface area contributed by atoms with Crippen molar-refractivity contribution in [1.29, 1.82) is 0 Å². The van der Waals surface area contributed by atoms with E-state index in [0.29, 0.717) is 24.5 Å². The van der Waals surface area contributed by atoms with Gasteiger partial charge in [0.05, 0.1) is 5.56 Å². The van der Waals surface area contributed by atoms with Crippen molar-refractivity contribution in [3.8, 4) is 5.88 Å². The molecule has 5 heteroatoms. The van der Waals surface area contributed by atoms with Crippen LogP contribution in [0.15, 0.2) is 18.3 Å². The van der Waals surface area contributed by atoms with E-state index in [1.807, 2.05) is 25.7 Å². The summed E-state index contributed by atoms with van der Waals surface area (Å²) in [5, 5.41) is 9.58. The standard InChI is InChI=1S/C18H28N2O3/c1-5-18(13-21)8-10-20(11-9-18)16(22)14-6-7-15(19-12-14)23-17(2,3)4/h6-7,12,21H,5,8-11,13H2,1-4H3. The minimum absolute atomic E-state index is 0.00227. The number of amides is 1. The van der Waals surface area contributed by atoms with Gasteiger partial charge >= 0.3 is 0 Å². The summed E-state index contributed by atoms with van der Waals surface area (Å²) in [5.41, 5.74) is 0.262. The van der Waals surface area contributed by atoms with E-state index in [9.17, 15) is 9.90 Å². The van der Waals surface area contributed by atoms with Crippen molar-refractivity contribution in [2.45, 2.75) is 52.6 Å². The van der Waals surface area contributed by atoms with Crippen molar-refractivity contribution in [3.05, 3.63) is 23.9 Å². The molecule has 1 aromatic rings. The van der Waals surface area contributed by atoms with E-state index in [-0.39, 0.29) is 23.5 Å². The van der Waals surface area contributed by atoms with Crippen LogP contribution in [0.1, 0.15) is 57.3 Å². The molecule has 1 N–H and O–H groups in total. The molecule has 0 aliphatic carbocycles. The van der Waals surface area contributed by atoms with Crippen molar-refractivity contribution in [3.63, 3.8) is 0 Å². The molecule has 1 aliphatic rings. The van der Waals surface area contributed by atoms with Gasteiger partial charge in [-0.15, -0.1) is 0 Å². The third kappa shape index (κ3) is 4.44. The van der Waals surface area contributed by atoms with Gasteiger partial charge in [-0.1, -0.05) is 6.92 Å². The van der Waals surface area contributed by atoms with Gasteiger partial charge in [-0.3, -0.25) is 4.79 Å². The monoisotopic (exact) mass is 320 g/mol. The SMILES string of the molecule is CCC1(CO)CCN(C(=O)c2ccc(OC(C)(C)C)nc2)CC1. The Balaban J connectivity index is 1.99. The molecule has 0 saturated carbocycles. The Labute approximate surface area is 138 Å². The van der Waals surface area contributed by atoms with Crippen molar-refractivity contribution < 1.29 is 14.6 Å². The number of likely N-dealkylation sites (tertiary alicyclic amines) is 1. The normalized spacial score (nSPS) is 17.9. The number of aromatic nitrogens is 1. The highest BCUT2D eigenvalue weighted by atomic mass is 16.5. The Morgan fingerprint density at radius 1 is 1.35 bits per heavy atom. The topological polar surface area (TPSA) is 62.7 Å². The second-order valence-corrected chi connectivity index (χ2v) is 7.40. The third-order valence-electron chi connectivity index (χ3n) is 4.59. The maximum Gasteiger partial charge on any atom is 0.255 e. The number of rotatable bonds is 4. The number of aliphatic hydroxyl groups excluding tert-OH is 1. The van der Waals surface area contributed by atoms with Gasteiger partial charge in [0.15, 0.2) is 0 Å². The highest BCUT2D eigenvalue weighted by molar-refractivity contribution is 5.94. The fraction of sp³-hybridized carbons (Fsp3) is 0.667. The first-order chi connectivity index (χ1) is 10.8. The summed E-state index contributed by atoms with van der Waals surface area (Å²) in [4.78, 5) is 18.6. The minimum Gasteiger partial charge on any atom is -0.472 e. The average molecular weight is 320 g/mol. The van der Waals surface area contributed by atoms with Crippen LogP contribution in [0, 0.1) is 5.41 Å². The lowest BCUT2D eigenvalue weighted by Crippen LogP contribution is -2.44. The van der Waals surface area contributed by atoms with Crippen LogP contribution >= 0.6 is 0 Å². The molecule has 0 radical (unpaired) electrons. The molecule has 2 heterocycles. The van der Waals surface area contributed by atoms with Crippen LogP contribution in [-0.2, 0) is 0 Å². The molecule has 128 valence electrons. The number of hydrogen-bond donors (Lipinski definition) is 1. The highest BCUT2D eigenvalue weighted by Crippen LogP contribution is 2.34. The Bertz CT molecular complexity index is 520. The van der Waals surface area contributed by atoms with Crippen LogP contribution in [0.4, 0.5) is 0 Å². The van der Waals surface area contributed by atoms with Gasteiger partial charge in [-0.05, 0) is 51.5 Å². The van der Waals surface area contributed by atoms with Crippen molar-refractivity contribution in [2.75, 3.05) is 19.7 Å². The predicted molar refractivity (Wildman–Crippen MR) is 89.6 cm³/mol. The fourth-order valence-corrected chi connectivity index (χ4v) is 2.87. The van der Waals surface area contributed by atoms with Gasteiger partial charge in [0, 0.05) is 32.0 Å². The van der Waals surface area contributed by atoms with E-state index in [4.69, 9.17) is 4.74 Å². The molecule has 0 bridgehead atoms. The van der Waals surface area contributed by atoms with Crippen LogP contribution in [-0.4, -0.2) is 46.2 Å². The summed E-state index contributed by atoms with van der Waals surface area (Å²) in [7, 11) is 0. The summed E-state index contributed by atoms with van der Waals surface area (Å²) in [6.07, 6.45) is 4.23. The van der Waals surface area contributed by atoms with E-state index in [1.165, 1.54) is 0 Å². The zero-order valence-electron chi connectivity index (χ0n) is 14.6. The molecule has 0 atom stereocenters. The number of carbonyl (C=O) groups is 1. The van der Waals surface area contributed by atoms with E-state index < -0.39 is 0 Å². The van der Waals surface area contributed by atoms with Crippen molar-refractivity contribution in [2.24, 2.45) is 5.41 Å². The molecular formula is C18H28N2O3. The number of ether oxygens (including phenoxy) is 1. The molecule has 0 spiro atoms. The molecule has 1 aliphatic heterocycles. The van der Waals surface area contributed by atoms with Crippen LogP contribution in [0.25, 0.3) is 0 Å². The number of aliphatic hydroxyl groups is 1. The number of pyridine rings is 1. The van der Waals surface area contributed by atoms with Gasteiger partial charge < -0.3 is 14.7 Å². The predicted octanol–water partition coefficient (Wildman–Crippen LogP) is 2.88. The Morgan fingerprint density at radius 3 is 2.43 bits per heavy atom. The second-order valence-electron chi connectivity index (χ2n) is 7.40. The fourth-order valence-electron chi connectivity index (χ4n) is 2.87. The summed E-state index contributed by atoms with van der Waals surface area (Å²) in [6, 6.07) is 3.51. The number of piperidine rings is 1. The molecule has 2 rings (SSSR count). The lowest BCUT2D eigenvalue weighted by molar-refractivity contribution is 0.0338. The summed E-state index contributed by atoms with van der Waals surface area (Å²) in [5.74, 6) is 0.528. The molecule has 0 aromatic carbocycles. The maximum atomic E-state index is 12.6.